The number of fused-ring (bicyclic) bond motifs is 1. The highest BCUT2D eigenvalue weighted by atomic mass is 32.2. The fourth-order valence-electron chi connectivity index (χ4n) is 1.78. The lowest BCUT2D eigenvalue weighted by molar-refractivity contribution is -0.115. The van der Waals surface area contributed by atoms with Crippen molar-refractivity contribution < 1.29 is 9.59 Å². The largest absolute Gasteiger partial charge is 0.351 e. The van der Waals surface area contributed by atoms with E-state index in [0.717, 1.165) is 11.3 Å². The zero-order valence-corrected chi connectivity index (χ0v) is 11.3. The van der Waals surface area contributed by atoms with Gasteiger partial charge in [-0.1, -0.05) is 13.0 Å². The molecule has 1 aliphatic heterocycles. The number of hydrogen-bond donors (Lipinski definition) is 2. The van der Waals surface area contributed by atoms with Gasteiger partial charge in [0.05, 0.1) is 6.42 Å². The molecule has 1 heterocycles. The van der Waals surface area contributed by atoms with Gasteiger partial charge in [0, 0.05) is 23.0 Å². The van der Waals surface area contributed by atoms with Crippen LogP contribution >= 0.6 is 11.8 Å². The number of nitrogens with one attached hydrogen (secondary N) is 2. The maximum absolute atomic E-state index is 11.9. The van der Waals surface area contributed by atoms with E-state index in [1.807, 2.05) is 12.3 Å². The molecule has 0 spiro atoms. The zero-order valence-electron chi connectivity index (χ0n) is 10.4. The first-order valence-corrected chi connectivity index (χ1v) is 7.12. The average Bonchev–Trinajstić information content (AvgIpc) is 2.74. The maximum atomic E-state index is 11.9. The highest BCUT2D eigenvalue weighted by Crippen LogP contribution is 2.23. The van der Waals surface area contributed by atoms with Crippen molar-refractivity contribution in [2.75, 3.05) is 18.1 Å². The highest BCUT2D eigenvalue weighted by molar-refractivity contribution is 7.99. The molecule has 0 radical (unpaired) electrons. The summed E-state index contributed by atoms with van der Waals surface area (Å²) in [5, 5.41) is 6.02. The Hall–Kier alpha value is -1.49. The van der Waals surface area contributed by atoms with Crippen LogP contribution in [0.5, 0.6) is 0 Å². The van der Waals surface area contributed by atoms with E-state index in [-0.39, 0.29) is 11.8 Å². The van der Waals surface area contributed by atoms with Crippen molar-refractivity contribution in [2.45, 2.75) is 18.6 Å². The van der Waals surface area contributed by atoms with Gasteiger partial charge in [-0.25, -0.2) is 0 Å². The molecule has 5 heteroatoms. The Morgan fingerprint density at radius 1 is 1.56 bits per heavy atom. The summed E-state index contributed by atoms with van der Waals surface area (Å²) in [5.41, 5.74) is 2.30. The summed E-state index contributed by atoms with van der Waals surface area (Å²) >= 11 is 1.71. The number of anilines is 1. The minimum absolute atomic E-state index is 0.0152. The summed E-state index contributed by atoms with van der Waals surface area (Å²) in [4.78, 5) is 23.1. The van der Waals surface area contributed by atoms with Gasteiger partial charge in [-0.15, -0.1) is 0 Å². The van der Waals surface area contributed by atoms with Gasteiger partial charge in [0.15, 0.2) is 0 Å². The van der Waals surface area contributed by atoms with E-state index in [1.54, 1.807) is 23.9 Å². The highest BCUT2D eigenvalue weighted by Gasteiger charge is 2.19. The number of amides is 2. The molecule has 0 saturated carbocycles. The normalized spacial score (nSPS) is 14.9. The smallest absolute Gasteiger partial charge is 0.251 e. The molecule has 1 aliphatic rings. The fourth-order valence-corrected chi connectivity index (χ4v) is 2.03. The predicted molar refractivity (Wildman–Crippen MR) is 74.1 cm³/mol. The molecule has 0 saturated heterocycles. The first kappa shape index (κ1) is 13.0. The predicted octanol–water partition coefficient (Wildman–Crippen LogP) is 1.66. The number of benzene rings is 1. The van der Waals surface area contributed by atoms with Gasteiger partial charge < -0.3 is 10.6 Å². The van der Waals surface area contributed by atoms with Gasteiger partial charge in [0.2, 0.25) is 5.91 Å². The first-order valence-electron chi connectivity index (χ1n) is 5.84. The first-order chi connectivity index (χ1) is 8.60. The third-order valence-corrected chi connectivity index (χ3v) is 3.92. The second kappa shape index (κ2) is 5.44. The van der Waals surface area contributed by atoms with Crippen LogP contribution in [0.1, 0.15) is 22.8 Å². The van der Waals surface area contributed by atoms with Gasteiger partial charge in [-0.05, 0) is 24.0 Å². The van der Waals surface area contributed by atoms with E-state index in [2.05, 4.69) is 17.6 Å². The Morgan fingerprint density at radius 3 is 3.06 bits per heavy atom. The van der Waals surface area contributed by atoms with Gasteiger partial charge >= 0.3 is 0 Å². The Bertz CT molecular complexity index is 488. The fraction of sp³-hybridized carbons (Fsp3) is 0.385. The van der Waals surface area contributed by atoms with Crippen LogP contribution in [0.2, 0.25) is 0 Å². The van der Waals surface area contributed by atoms with E-state index in [1.165, 1.54) is 0 Å². The molecule has 0 fully saturated rings. The van der Waals surface area contributed by atoms with Crippen molar-refractivity contribution >= 4 is 29.3 Å². The topological polar surface area (TPSA) is 58.2 Å². The number of hydrogen-bond acceptors (Lipinski definition) is 3. The summed E-state index contributed by atoms with van der Waals surface area (Å²) in [6.45, 7) is 2.71. The third kappa shape index (κ3) is 2.85. The second-order valence-corrected chi connectivity index (χ2v) is 5.63. The third-order valence-electron chi connectivity index (χ3n) is 2.95. The molecular formula is C13H16N2O2S. The van der Waals surface area contributed by atoms with Crippen LogP contribution in [0, 0.1) is 0 Å². The van der Waals surface area contributed by atoms with Crippen LogP contribution < -0.4 is 10.6 Å². The molecule has 2 amide bonds. The van der Waals surface area contributed by atoms with E-state index in [4.69, 9.17) is 0 Å². The van der Waals surface area contributed by atoms with E-state index < -0.39 is 0 Å². The van der Waals surface area contributed by atoms with Crippen LogP contribution in [0.15, 0.2) is 18.2 Å². The van der Waals surface area contributed by atoms with Crippen LogP contribution in [0.25, 0.3) is 0 Å². The standard InChI is InChI=1S/C13H16N2O2S/c1-8(18-2)7-14-13(17)10-4-3-9-6-12(16)15-11(9)5-10/h3-5,8H,6-7H2,1-2H3,(H,14,17)(H,15,16). The molecule has 1 atom stereocenters. The zero-order chi connectivity index (χ0) is 13.1. The summed E-state index contributed by atoms with van der Waals surface area (Å²) in [5.74, 6) is -0.113. The molecule has 2 rings (SSSR count). The van der Waals surface area contributed by atoms with Crippen LogP contribution in [-0.2, 0) is 11.2 Å². The molecular weight excluding hydrogens is 248 g/mol. The van der Waals surface area contributed by atoms with Crippen molar-refractivity contribution in [3.05, 3.63) is 29.3 Å². The van der Waals surface area contributed by atoms with E-state index in [0.29, 0.717) is 23.8 Å². The minimum atomic E-state index is -0.0974. The lowest BCUT2D eigenvalue weighted by atomic mass is 10.1. The van der Waals surface area contributed by atoms with Crippen molar-refractivity contribution in [1.82, 2.24) is 5.32 Å². The lowest BCUT2D eigenvalue weighted by Gasteiger charge is -2.10. The SMILES string of the molecule is CSC(C)CNC(=O)c1ccc2c(c1)NC(=O)C2. The summed E-state index contributed by atoms with van der Waals surface area (Å²) < 4.78 is 0. The van der Waals surface area contributed by atoms with E-state index in [9.17, 15) is 9.59 Å². The van der Waals surface area contributed by atoms with Gasteiger partial charge in [0.1, 0.15) is 0 Å². The Labute approximate surface area is 111 Å². The number of thioether (sulfide) groups is 1. The van der Waals surface area contributed by atoms with Crippen LogP contribution in [0.3, 0.4) is 0 Å². The van der Waals surface area contributed by atoms with Gasteiger partial charge in [-0.2, -0.15) is 11.8 Å². The lowest BCUT2D eigenvalue weighted by Crippen LogP contribution is -2.29. The molecule has 0 bridgehead atoms. The maximum Gasteiger partial charge on any atom is 0.251 e. The minimum Gasteiger partial charge on any atom is -0.351 e. The van der Waals surface area contributed by atoms with Crippen LogP contribution in [-0.4, -0.2) is 29.9 Å². The Morgan fingerprint density at radius 2 is 2.33 bits per heavy atom. The summed E-state index contributed by atoms with van der Waals surface area (Å²) in [6, 6.07) is 5.33. The number of rotatable bonds is 4. The van der Waals surface area contributed by atoms with Crippen molar-refractivity contribution in [1.29, 1.82) is 0 Å². The van der Waals surface area contributed by atoms with Crippen molar-refractivity contribution in [3.63, 3.8) is 0 Å². The molecule has 1 unspecified atom stereocenters. The average molecular weight is 264 g/mol. The summed E-state index contributed by atoms with van der Waals surface area (Å²) in [7, 11) is 0. The molecule has 4 nitrogen and oxygen atoms in total. The molecule has 0 aromatic heterocycles. The van der Waals surface area contributed by atoms with Crippen molar-refractivity contribution in [2.24, 2.45) is 0 Å². The quantitative estimate of drug-likeness (QED) is 0.869. The van der Waals surface area contributed by atoms with E-state index >= 15 is 0 Å². The molecule has 1 aromatic carbocycles. The molecule has 2 N–H and O–H groups in total. The van der Waals surface area contributed by atoms with Crippen LogP contribution in [0.4, 0.5) is 5.69 Å². The molecule has 96 valence electrons. The number of carbonyl (C=O) groups is 2. The van der Waals surface area contributed by atoms with Gasteiger partial charge in [0.25, 0.3) is 5.91 Å². The second-order valence-electron chi connectivity index (χ2n) is 4.35. The summed E-state index contributed by atoms with van der Waals surface area (Å²) in [6.07, 6.45) is 2.42. The van der Waals surface area contributed by atoms with Crippen molar-refractivity contribution in [3.8, 4) is 0 Å². The molecule has 18 heavy (non-hydrogen) atoms. The molecule has 0 aliphatic carbocycles. The number of carbonyl (C=O) groups excluding carboxylic acids is 2. The Balaban J connectivity index is 2.04. The van der Waals surface area contributed by atoms with Gasteiger partial charge in [-0.3, -0.25) is 9.59 Å². The molecule has 1 aromatic rings. The monoisotopic (exact) mass is 264 g/mol. The Kier molecular flexibility index (Phi) is 3.91.